The first-order chi connectivity index (χ1) is 12.5. The lowest BCUT2D eigenvalue weighted by Crippen LogP contribution is -2.43. The van der Waals surface area contributed by atoms with E-state index in [1.165, 1.54) is 0 Å². The molecule has 1 aliphatic heterocycles. The summed E-state index contributed by atoms with van der Waals surface area (Å²) in [5.74, 6) is -0.821. The molecule has 1 atom stereocenters. The number of likely N-dealkylation sites (tertiary alicyclic amines) is 1. The Kier molecular flexibility index (Phi) is 5.59. The van der Waals surface area contributed by atoms with Gasteiger partial charge in [0.05, 0.1) is 5.92 Å². The maximum Gasteiger partial charge on any atom is 0.309 e. The van der Waals surface area contributed by atoms with Crippen LogP contribution in [0.3, 0.4) is 0 Å². The Hall–Kier alpha value is -2.37. The van der Waals surface area contributed by atoms with E-state index in [-0.39, 0.29) is 29.7 Å². The molecule has 1 aromatic rings. The molecule has 140 valence electrons. The minimum absolute atomic E-state index is 0.00657. The summed E-state index contributed by atoms with van der Waals surface area (Å²) in [6, 6.07) is 7.77. The van der Waals surface area contributed by atoms with Crippen molar-refractivity contribution in [3.63, 3.8) is 0 Å². The first-order valence-electron chi connectivity index (χ1n) is 9.31. The van der Waals surface area contributed by atoms with Crippen molar-refractivity contribution < 1.29 is 19.1 Å². The van der Waals surface area contributed by atoms with Gasteiger partial charge in [-0.05, 0) is 51.2 Å². The molecule has 1 aromatic carbocycles. The molecule has 3 rings (SSSR count). The minimum Gasteiger partial charge on any atom is -0.452 e. The molecule has 0 unspecified atom stereocenters. The van der Waals surface area contributed by atoms with Crippen LogP contribution in [0.2, 0.25) is 0 Å². The largest absolute Gasteiger partial charge is 0.452 e. The number of hydrogen-bond donors (Lipinski definition) is 1. The molecule has 1 saturated heterocycles. The fourth-order valence-corrected chi connectivity index (χ4v) is 3.17. The van der Waals surface area contributed by atoms with Gasteiger partial charge in [0.1, 0.15) is 0 Å². The molecule has 0 aromatic heterocycles. The van der Waals surface area contributed by atoms with Gasteiger partial charge in [-0.15, -0.1) is 0 Å². The Balaban J connectivity index is 1.48. The quantitative estimate of drug-likeness (QED) is 0.818. The highest BCUT2D eigenvalue weighted by Crippen LogP contribution is 2.22. The van der Waals surface area contributed by atoms with Gasteiger partial charge < -0.3 is 15.0 Å². The number of nitrogens with zero attached hydrogens (tertiary/aromatic N) is 1. The molecule has 0 radical (unpaired) electrons. The van der Waals surface area contributed by atoms with Crippen LogP contribution in [0.5, 0.6) is 0 Å². The predicted molar refractivity (Wildman–Crippen MR) is 96.5 cm³/mol. The maximum atomic E-state index is 12.6. The normalized spacial score (nSPS) is 18.9. The summed E-state index contributed by atoms with van der Waals surface area (Å²) in [5, 5.41) is 2.84. The Labute approximate surface area is 153 Å². The Morgan fingerprint density at radius 3 is 2.38 bits per heavy atom. The molecule has 1 saturated carbocycles. The van der Waals surface area contributed by atoms with Gasteiger partial charge in [-0.25, -0.2) is 0 Å². The fraction of sp³-hybridized carbons (Fsp3) is 0.550. The van der Waals surface area contributed by atoms with Gasteiger partial charge in [0, 0.05) is 24.7 Å². The highest BCUT2D eigenvalue weighted by Gasteiger charge is 2.32. The Bertz CT molecular complexity index is 691. The summed E-state index contributed by atoms with van der Waals surface area (Å²) < 4.78 is 5.33. The van der Waals surface area contributed by atoms with Crippen LogP contribution in [0.15, 0.2) is 24.3 Å². The van der Waals surface area contributed by atoms with Crippen LogP contribution in [0, 0.1) is 12.8 Å². The summed E-state index contributed by atoms with van der Waals surface area (Å²) in [5.41, 5.74) is 1.66. The number of rotatable bonds is 5. The topological polar surface area (TPSA) is 75.7 Å². The van der Waals surface area contributed by atoms with Crippen LogP contribution >= 0.6 is 0 Å². The van der Waals surface area contributed by atoms with Crippen molar-refractivity contribution in [1.29, 1.82) is 0 Å². The third-order valence-electron chi connectivity index (χ3n) is 5.08. The zero-order chi connectivity index (χ0) is 18.7. The van der Waals surface area contributed by atoms with Crippen LogP contribution in [0.4, 0.5) is 0 Å². The molecule has 0 spiro atoms. The van der Waals surface area contributed by atoms with E-state index in [9.17, 15) is 14.4 Å². The average molecular weight is 358 g/mol. The standard InChI is InChI=1S/C20H26N2O4/c1-13-5-3-4-6-17(13)19(24)22-11-9-15(10-12-22)20(25)26-14(2)18(23)21-16-7-8-16/h3-6,14-16H,7-12H2,1-2H3,(H,21,23)/t14-/m0/s1. The molecule has 1 aliphatic carbocycles. The lowest BCUT2D eigenvalue weighted by molar-refractivity contribution is -0.160. The zero-order valence-electron chi connectivity index (χ0n) is 15.4. The van der Waals surface area contributed by atoms with Crippen molar-refractivity contribution in [2.45, 2.75) is 51.7 Å². The van der Waals surface area contributed by atoms with Crippen LogP contribution in [0.25, 0.3) is 0 Å². The van der Waals surface area contributed by atoms with E-state index < -0.39 is 6.10 Å². The van der Waals surface area contributed by atoms with Crippen molar-refractivity contribution in [2.75, 3.05) is 13.1 Å². The van der Waals surface area contributed by atoms with Crippen molar-refractivity contribution in [1.82, 2.24) is 10.2 Å². The van der Waals surface area contributed by atoms with Gasteiger partial charge in [0.15, 0.2) is 6.10 Å². The summed E-state index contributed by atoms with van der Waals surface area (Å²) in [4.78, 5) is 38.6. The smallest absolute Gasteiger partial charge is 0.309 e. The number of aryl methyl sites for hydroxylation is 1. The van der Waals surface area contributed by atoms with Gasteiger partial charge in [-0.2, -0.15) is 0 Å². The molecule has 2 aliphatic rings. The highest BCUT2D eigenvalue weighted by molar-refractivity contribution is 5.95. The number of benzene rings is 1. The molecule has 6 heteroatoms. The third-order valence-corrected chi connectivity index (χ3v) is 5.08. The van der Waals surface area contributed by atoms with Crippen LogP contribution in [-0.4, -0.2) is 47.9 Å². The monoisotopic (exact) mass is 358 g/mol. The first kappa shape index (κ1) is 18.4. The number of carbonyl (C=O) groups is 3. The molecule has 2 amide bonds. The average Bonchev–Trinajstić information content (AvgIpc) is 3.45. The molecule has 1 heterocycles. The number of piperidine rings is 1. The first-order valence-corrected chi connectivity index (χ1v) is 9.31. The van der Waals surface area contributed by atoms with E-state index in [4.69, 9.17) is 4.74 Å². The second kappa shape index (κ2) is 7.89. The van der Waals surface area contributed by atoms with E-state index in [0.717, 1.165) is 18.4 Å². The van der Waals surface area contributed by atoms with Crippen molar-refractivity contribution >= 4 is 17.8 Å². The number of nitrogens with one attached hydrogen (secondary N) is 1. The summed E-state index contributed by atoms with van der Waals surface area (Å²) in [6.45, 7) is 4.57. The van der Waals surface area contributed by atoms with Gasteiger partial charge in [-0.1, -0.05) is 18.2 Å². The number of ether oxygens (including phenoxy) is 1. The zero-order valence-corrected chi connectivity index (χ0v) is 15.4. The summed E-state index contributed by atoms with van der Waals surface area (Å²) in [6.07, 6.45) is 2.36. The van der Waals surface area contributed by atoms with Crippen LogP contribution in [-0.2, 0) is 14.3 Å². The molecular weight excluding hydrogens is 332 g/mol. The number of hydrogen-bond acceptors (Lipinski definition) is 4. The molecule has 6 nitrogen and oxygen atoms in total. The minimum atomic E-state index is -0.769. The number of amides is 2. The summed E-state index contributed by atoms with van der Waals surface area (Å²) >= 11 is 0. The van der Waals surface area contributed by atoms with Gasteiger partial charge >= 0.3 is 5.97 Å². The van der Waals surface area contributed by atoms with E-state index in [2.05, 4.69) is 5.32 Å². The molecular formula is C20H26N2O4. The molecule has 26 heavy (non-hydrogen) atoms. The van der Waals surface area contributed by atoms with E-state index >= 15 is 0 Å². The Morgan fingerprint density at radius 1 is 1.12 bits per heavy atom. The van der Waals surface area contributed by atoms with Crippen molar-refractivity contribution in [3.05, 3.63) is 35.4 Å². The maximum absolute atomic E-state index is 12.6. The Morgan fingerprint density at radius 2 is 1.77 bits per heavy atom. The molecule has 0 bridgehead atoms. The molecule has 2 fully saturated rings. The second-order valence-corrected chi connectivity index (χ2v) is 7.24. The third kappa shape index (κ3) is 4.42. The highest BCUT2D eigenvalue weighted by atomic mass is 16.5. The van der Waals surface area contributed by atoms with E-state index in [0.29, 0.717) is 31.5 Å². The predicted octanol–water partition coefficient (Wildman–Crippen LogP) is 2.06. The number of esters is 1. The summed E-state index contributed by atoms with van der Waals surface area (Å²) in [7, 11) is 0. The van der Waals surface area contributed by atoms with Crippen LogP contribution < -0.4 is 5.32 Å². The lowest BCUT2D eigenvalue weighted by Gasteiger charge is -2.31. The van der Waals surface area contributed by atoms with Gasteiger partial charge in [0.2, 0.25) is 0 Å². The van der Waals surface area contributed by atoms with Crippen molar-refractivity contribution in [3.8, 4) is 0 Å². The second-order valence-electron chi connectivity index (χ2n) is 7.24. The lowest BCUT2D eigenvalue weighted by atomic mass is 9.96. The van der Waals surface area contributed by atoms with Crippen molar-refractivity contribution in [2.24, 2.45) is 5.92 Å². The van der Waals surface area contributed by atoms with Crippen LogP contribution in [0.1, 0.15) is 48.5 Å². The fourth-order valence-electron chi connectivity index (χ4n) is 3.17. The molecule has 1 N–H and O–H groups in total. The number of carbonyl (C=O) groups excluding carboxylic acids is 3. The van der Waals surface area contributed by atoms with Gasteiger partial charge in [0.25, 0.3) is 11.8 Å². The van der Waals surface area contributed by atoms with Gasteiger partial charge in [-0.3, -0.25) is 14.4 Å². The van der Waals surface area contributed by atoms with E-state index in [1.54, 1.807) is 11.8 Å². The SMILES string of the molecule is Cc1ccccc1C(=O)N1CCC(C(=O)O[C@@H](C)C(=O)NC2CC2)CC1. The van der Waals surface area contributed by atoms with E-state index in [1.807, 2.05) is 31.2 Å².